The van der Waals surface area contributed by atoms with Gasteiger partial charge in [-0.1, -0.05) is 69.1 Å². The van der Waals surface area contributed by atoms with Crippen molar-refractivity contribution in [2.45, 2.75) is 69.4 Å². The summed E-state index contributed by atoms with van der Waals surface area (Å²) in [7, 11) is 0. The molecule has 0 amide bonds. The molecule has 4 rings (SSSR count). The molecule has 1 aromatic carbocycles. The molecule has 0 radical (unpaired) electrons. The van der Waals surface area contributed by atoms with E-state index in [1.54, 1.807) is 11.8 Å². The second-order valence-electron chi connectivity index (χ2n) is 8.03. The zero-order valence-electron chi connectivity index (χ0n) is 15.8. The van der Waals surface area contributed by atoms with E-state index < -0.39 is 0 Å². The van der Waals surface area contributed by atoms with Gasteiger partial charge in [-0.05, 0) is 37.2 Å². The number of nitrogens with zero attached hydrogens (tertiary/aromatic N) is 1. The van der Waals surface area contributed by atoms with Crippen molar-refractivity contribution >= 4 is 11.8 Å². The van der Waals surface area contributed by atoms with Gasteiger partial charge in [-0.15, -0.1) is 0 Å². The first-order chi connectivity index (χ1) is 12.6. The molecule has 1 N–H and O–H groups in total. The fraction of sp³-hybridized carbons (Fsp3) is 0.545. The maximum Gasteiger partial charge on any atom is 0.255 e. The number of thioether (sulfide) groups is 1. The van der Waals surface area contributed by atoms with Crippen LogP contribution in [0.3, 0.4) is 0 Å². The quantitative estimate of drug-likeness (QED) is 0.586. The highest BCUT2D eigenvalue weighted by molar-refractivity contribution is 7.99. The Bertz CT molecular complexity index is 853. The lowest BCUT2D eigenvalue weighted by Crippen LogP contribution is -2.43. The number of nitrogens with one attached hydrogen (secondary N) is 1. The fourth-order valence-corrected chi connectivity index (χ4v) is 5.64. The van der Waals surface area contributed by atoms with Crippen molar-refractivity contribution in [3.63, 3.8) is 0 Å². The Morgan fingerprint density at radius 2 is 2.00 bits per heavy atom. The Labute approximate surface area is 160 Å². The van der Waals surface area contributed by atoms with Gasteiger partial charge in [0.1, 0.15) is 0 Å². The van der Waals surface area contributed by atoms with E-state index >= 15 is 0 Å². The first-order valence-corrected chi connectivity index (χ1v) is 11.0. The molecule has 1 saturated carbocycles. The standard InChI is InChI=1S/C22H28N2OS/c1-3-13-26-21-23-19-17-12-8-7-9-15(17)14-22(2,18(19)20(25)24-21)16-10-5-4-6-11-16/h7-9,12,16H,3-6,10-11,13-14H2,1-2H3,(H,23,24,25)/t22-/m0/s1. The molecule has 1 atom stereocenters. The first kappa shape index (κ1) is 17.8. The van der Waals surface area contributed by atoms with Crippen LogP contribution in [0.1, 0.15) is 63.5 Å². The maximum atomic E-state index is 13.2. The average molecular weight is 369 g/mol. The number of benzene rings is 1. The molecule has 0 saturated heterocycles. The van der Waals surface area contributed by atoms with Crippen molar-refractivity contribution in [3.05, 3.63) is 45.7 Å². The smallest absolute Gasteiger partial charge is 0.255 e. The Morgan fingerprint density at radius 1 is 1.23 bits per heavy atom. The van der Waals surface area contributed by atoms with Crippen LogP contribution in [0.4, 0.5) is 0 Å². The van der Waals surface area contributed by atoms with E-state index in [1.165, 1.54) is 37.7 Å². The molecule has 1 heterocycles. The summed E-state index contributed by atoms with van der Waals surface area (Å²) < 4.78 is 0. The number of fused-ring (bicyclic) bond motifs is 3. The van der Waals surface area contributed by atoms with Crippen LogP contribution in [0.5, 0.6) is 0 Å². The second kappa shape index (κ2) is 7.22. The third-order valence-corrected chi connectivity index (χ3v) is 7.33. The summed E-state index contributed by atoms with van der Waals surface area (Å²) in [5.74, 6) is 1.55. The summed E-state index contributed by atoms with van der Waals surface area (Å²) in [6.07, 6.45) is 8.37. The van der Waals surface area contributed by atoms with Crippen LogP contribution in [-0.4, -0.2) is 15.7 Å². The number of aromatic nitrogens is 2. The van der Waals surface area contributed by atoms with E-state index in [-0.39, 0.29) is 11.0 Å². The maximum absolute atomic E-state index is 13.2. The Hall–Kier alpha value is -1.55. The Morgan fingerprint density at radius 3 is 2.77 bits per heavy atom. The van der Waals surface area contributed by atoms with Crippen LogP contribution in [0.15, 0.2) is 34.2 Å². The van der Waals surface area contributed by atoms with Crippen LogP contribution >= 0.6 is 11.8 Å². The summed E-state index contributed by atoms with van der Waals surface area (Å²) in [6, 6.07) is 8.54. The number of rotatable bonds is 4. The highest BCUT2D eigenvalue weighted by atomic mass is 32.2. The van der Waals surface area contributed by atoms with Gasteiger partial charge >= 0.3 is 0 Å². The molecule has 4 heteroatoms. The molecule has 2 aliphatic carbocycles. The van der Waals surface area contributed by atoms with Crippen LogP contribution in [0.25, 0.3) is 11.3 Å². The minimum atomic E-state index is -0.112. The van der Waals surface area contributed by atoms with Gasteiger partial charge in [0.2, 0.25) is 0 Å². The molecule has 0 unspecified atom stereocenters. The minimum Gasteiger partial charge on any atom is -0.301 e. The summed E-state index contributed by atoms with van der Waals surface area (Å²) >= 11 is 1.65. The molecule has 1 aromatic heterocycles. The summed E-state index contributed by atoms with van der Waals surface area (Å²) in [5.41, 5.74) is 4.33. The highest BCUT2D eigenvalue weighted by Crippen LogP contribution is 2.48. The SMILES string of the molecule is CCCSc1nc2c(c(=O)[nH]1)[C@](C)(C1CCCCC1)Cc1ccccc1-2. The topological polar surface area (TPSA) is 45.8 Å². The van der Waals surface area contributed by atoms with Gasteiger partial charge in [0.05, 0.1) is 11.3 Å². The van der Waals surface area contributed by atoms with E-state index in [9.17, 15) is 4.79 Å². The van der Waals surface area contributed by atoms with E-state index in [4.69, 9.17) is 4.98 Å². The lowest BCUT2D eigenvalue weighted by Gasteiger charge is -2.43. The number of aromatic amines is 1. The lowest BCUT2D eigenvalue weighted by atomic mass is 9.60. The van der Waals surface area contributed by atoms with Crippen molar-refractivity contribution in [1.82, 2.24) is 9.97 Å². The van der Waals surface area contributed by atoms with E-state index in [1.807, 2.05) is 0 Å². The normalized spacial score (nSPS) is 22.7. The number of hydrogen-bond acceptors (Lipinski definition) is 3. The summed E-state index contributed by atoms with van der Waals surface area (Å²) in [6.45, 7) is 4.46. The van der Waals surface area contributed by atoms with Gasteiger partial charge in [-0.3, -0.25) is 4.79 Å². The number of H-pyrrole nitrogens is 1. The van der Waals surface area contributed by atoms with E-state index in [0.717, 1.165) is 40.6 Å². The van der Waals surface area contributed by atoms with Gasteiger partial charge < -0.3 is 4.98 Å². The monoisotopic (exact) mass is 368 g/mol. The lowest BCUT2D eigenvalue weighted by molar-refractivity contribution is 0.213. The van der Waals surface area contributed by atoms with E-state index in [2.05, 4.69) is 43.1 Å². The minimum absolute atomic E-state index is 0.0798. The van der Waals surface area contributed by atoms with Crippen molar-refractivity contribution in [2.24, 2.45) is 5.92 Å². The van der Waals surface area contributed by atoms with Gasteiger partial charge in [0.25, 0.3) is 5.56 Å². The number of hydrogen-bond donors (Lipinski definition) is 1. The van der Waals surface area contributed by atoms with Crippen molar-refractivity contribution < 1.29 is 0 Å². The summed E-state index contributed by atoms with van der Waals surface area (Å²) in [5, 5.41) is 0.762. The Kier molecular flexibility index (Phi) is 4.96. The molecular weight excluding hydrogens is 340 g/mol. The highest BCUT2D eigenvalue weighted by Gasteiger charge is 2.44. The average Bonchev–Trinajstić information content (AvgIpc) is 2.67. The van der Waals surface area contributed by atoms with Crippen LogP contribution in [0.2, 0.25) is 0 Å². The van der Waals surface area contributed by atoms with E-state index in [0.29, 0.717) is 5.92 Å². The van der Waals surface area contributed by atoms with Gasteiger partial charge in [-0.2, -0.15) is 0 Å². The predicted molar refractivity (Wildman–Crippen MR) is 109 cm³/mol. The molecule has 3 nitrogen and oxygen atoms in total. The zero-order chi connectivity index (χ0) is 18.1. The molecule has 0 bridgehead atoms. The third kappa shape index (κ3) is 3.02. The van der Waals surface area contributed by atoms with Crippen molar-refractivity contribution in [1.29, 1.82) is 0 Å². The second-order valence-corrected chi connectivity index (χ2v) is 9.11. The zero-order valence-corrected chi connectivity index (χ0v) is 16.6. The van der Waals surface area contributed by atoms with Crippen molar-refractivity contribution in [3.8, 4) is 11.3 Å². The molecule has 26 heavy (non-hydrogen) atoms. The molecule has 2 aromatic rings. The molecular formula is C22H28N2OS. The van der Waals surface area contributed by atoms with Crippen LogP contribution in [0, 0.1) is 5.92 Å². The summed E-state index contributed by atoms with van der Waals surface area (Å²) in [4.78, 5) is 21.2. The first-order valence-electron chi connectivity index (χ1n) is 9.99. The van der Waals surface area contributed by atoms with Crippen LogP contribution < -0.4 is 5.56 Å². The van der Waals surface area contributed by atoms with Crippen LogP contribution in [-0.2, 0) is 11.8 Å². The molecule has 0 spiro atoms. The predicted octanol–water partition coefficient (Wildman–Crippen LogP) is 5.33. The van der Waals surface area contributed by atoms with Gasteiger partial charge in [-0.25, -0.2) is 4.98 Å². The molecule has 2 aliphatic rings. The molecule has 1 fully saturated rings. The fourth-order valence-electron chi connectivity index (χ4n) is 4.92. The third-order valence-electron chi connectivity index (χ3n) is 6.25. The molecule has 138 valence electrons. The largest absolute Gasteiger partial charge is 0.301 e. The van der Waals surface area contributed by atoms with Gasteiger partial charge in [0.15, 0.2) is 5.16 Å². The van der Waals surface area contributed by atoms with Crippen molar-refractivity contribution in [2.75, 3.05) is 5.75 Å². The molecule has 0 aliphatic heterocycles. The van der Waals surface area contributed by atoms with Gasteiger partial charge in [0, 0.05) is 16.7 Å². The Balaban J connectivity index is 1.88.